The summed E-state index contributed by atoms with van der Waals surface area (Å²) in [6.45, 7) is 0.604. The predicted molar refractivity (Wildman–Crippen MR) is 96.4 cm³/mol. The minimum Gasteiger partial charge on any atom is -0.344 e. The lowest BCUT2D eigenvalue weighted by Gasteiger charge is -2.22. The van der Waals surface area contributed by atoms with Crippen molar-refractivity contribution in [3.8, 4) is 0 Å². The molecule has 0 fully saturated rings. The first kappa shape index (κ1) is 19.7. The summed E-state index contributed by atoms with van der Waals surface area (Å²) in [6, 6.07) is 14.2. The summed E-state index contributed by atoms with van der Waals surface area (Å²) in [7, 11) is 3.81. The molecule has 0 saturated carbocycles. The summed E-state index contributed by atoms with van der Waals surface area (Å²) in [5.41, 5.74) is 0.538. The van der Waals surface area contributed by atoms with E-state index >= 15 is 0 Å². The number of nitrogens with one attached hydrogen (secondary N) is 1. The van der Waals surface area contributed by atoms with Crippen LogP contribution in [0.4, 0.5) is 13.2 Å². The normalized spacial score (nSPS) is 13.2. The van der Waals surface area contributed by atoms with Crippen molar-refractivity contribution in [1.29, 1.82) is 0 Å². The van der Waals surface area contributed by atoms with Crippen LogP contribution in [0.5, 0.6) is 0 Å². The Bertz CT molecular complexity index is 755. The lowest BCUT2D eigenvalue weighted by atomic mass is 10.1. The van der Waals surface area contributed by atoms with Crippen LogP contribution in [-0.2, 0) is 11.0 Å². The van der Waals surface area contributed by atoms with Gasteiger partial charge in [-0.05, 0) is 43.4 Å². The lowest BCUT2D eigenvalue weighted by molar-refractivity contribution is -0.137. The van der Waals surface area contributed by atoms with Crippen LogP contribution in [0.2, 0.25) is 0 Å². The van der Waals surface area contributed by atoms with Crippen molar-refractivity contribution in [2.75, 3.05) is 20.6 Å². The van der Waals surface area contributed by atoms with Crippen molar-refractivity contribution in [3.63, 3.8) is 0 Å². The predicted octanol–water partition coefficient (Wildman–Crippen LogP) is 4.14. The third-order valence-corrected chi connectivity index (χ3v) is 3.71. The maximum Gasteiger partial charge on any atom is 0.416 e. The average Bonchev–Trinajstić information content (AvgIpc) is 2.59. The third-order valence-electron chi connectivity index (χ3n) is 3.71. The van der Waals surface area contributed by atoms with Crippen LogP contribution in [0, 0.1) is 0 Å². The zero-order valence-corrected chi connectivity index (χ0v) is 14.6. The second kappa shape index (κ2) is 8.67. The summed E-state index contributed by atoms with van der Waals surface area (Å²) in [5, 5.41) is 2.89. The molecule has 0 radical (unpaired) electrons. The Balaban J connectivity index is 2.09. The Kier molecular flexibility index (Phi) is 6.58. The standard InChI is InChI=1S/C20H21F3N2O/c1-25(2)14-18(16-8-4-3-5-9-16)24-19(26)12-11-15-7-6-10-17(13-15)20(21,22)23/h3-13,18H,14H2,1-2H3,(H,24,26)/b12-11+/t18-/m1/s1. The largest absolute Gasteiger partial charge is 0.416 e. The number of likely N-dealkylation sites (N-methyl/N-ethyl adjacent to an activating group) is 1. The van der Waals surface area contributed by atoms with Crippen molar-refractivity contribution in [1.82, 2.24) is 10.2 Å². The van der Waals surface area contributed by atoms with Gasteiger partial charge in [0.25, 0.3) is 0 Å². The molecule has 6 heteroatoms. The third kappa shape index (κ3) is 6.04. The Hall–Kier alpha value is -2.60. The van der Waals surface area contributed by atoms with E-state index in [2.05, 4.69) is 5.32 Å². The molecule has 0 aliphatic heterocycles. The molecule has 0 heterocycles. The Labute approximate surface area is 151 Å². The molecule has 1 N–H and O–H groups in total. The van der Waals surface area contributed by atoms with E-state index < -0.39 is 11.7 Å². The summed E-state index contributed by atoms with van der Waals surface area (Å²) in [5.74, 6) is -0.363. The van der Waals surface area contributed by atoms with Crippen molar-refractivity contribution in [2.45, 2.75) is 12.2 Å². The number of rotatable bonds is 6. The first-order chi connectivity index (χ1) is 12.3. The van der Waals surface area contributed by atoms with Crippen LogP contribution in [0.1, 0.15) is 22.7 Å². The fourth-order valence-electron chi connectivity index (χ4n) is 2.50. The van der Waals surface area contributed by atoms with E-state index in [1.165, 1.54) is 24.3 Å². The maximum absolute atomic E-state index is 12.7. The van der Waals surface area contributed by atoms with Crippen molar-refractivity contribution < 1.29 is 18.0 Å². The van der Waals surface area contributed by atoms with Crippen LogP contribution in [0.25, 0.3) is 6.08 Å². The van der Waals surface area contributed by atoms with Gasteiger partial charge in [0.15, 0.2) is 0 Å². The molecule has 0 bridgehead atoms. The molecule has 1 atom stereocenters. The van der Waals surface area contributed by atoms with Gasteiger partial charge in [-0.25, -0.2) is 0 Å². The van der Waals surface area contributed by atoms with E-state index in [1.807, 2.05) is 49.3 Å². The summed E-state index contributed by atoms with van der Waals surface area (Å²) in [6.07, 6.45) is -1.78. The Morgan fingerprint density at radius 3 is 2.42 bits per heavy atom. The summed E-state index contributed by atoms with van der Waals surface area (Å²) < 4.78 is 38.2. The fraction of sp³-hybridized carbons (Fsp3) is 0.250. The van der Waals surface area contributed by atoms with Gasteiger partial charge in [0, 0.05) is 12.6 Å². The SMILES string of the molecule is CN(C)C[C@@H](NC(=O)/C=C/c1cccc(C(F)(F)F)c1)c1ccccc1. The van der Waals surface area contributed by atoms with Gasteiger partial charge < -0.3 is 10.2 Å². The van der Waals surface area contributed by atoms with Crippen LogP contribution < -0.4 is 5.32 Å². The van der Waals surface area contributed by atoms with Crippen molar-refractivity contribution in [2.24, 2.45) is 0 Å². The highest BCUT2D eigenvalue weighted by atomic mass is 19.4. The number of benzene rings is 2. The average molecular weight is 362 g/mol. The van der Waals surface area contributed by atoms with Gasteiger partial charge in [-0.1, -0.05) is 42.5 Å². The monoisotopic (exact) mass is 362 g/mol. The number of hydrogen-bond acceptors (Lipinski definition) is 2. The van der Waals surface area contributed by atoms with E-state index in [0.717, 1.165) is 17.7 Å². The Morgan fingerprint density at radius 1 is 1.12 bits per heavy atom. The lowest BCUT2D eigenvalue weighted by Crippen LogP contribution is -2.34. The molecular formula is C20H21F3N2O. The van der Waals surface area contributed by atoms with Crippen LogP contribution in [0.15, 0.2) is 60.7 Å². The van der Waals surface area contributed by atoms with E-state index in [0.29, 0.717) is 12.1 Å². The molecule has 138 valence electrons. The number of carbonyl (C=O) groups excluding carboxylic acids is 1. The quantitative estimate of drug-likeness (QED) is 0.784. The molecule has 2 aromatic carbocycles. The molecule has 0 spiro atoms. The molecule has 0 aliphatic rings. The van der Waals surface area contributed by atoms with Crippen LogP contribution in [0.3, 0.4) is 0 Å². The molecule has 2 rings (SSSR count). The van der Waals surface area contributed by atoms with Gasteiger partial charge in [0.2, 0.25) is 5.91 Å². The molecule has 3 nitrogen and oxygen atoms in total. The molecule has 1 amide bonds. The number of halogens is 3. The zero-order valence-electron chi connectivity index (χ0n) is 14.6. The molecule has 0 unspecified atom stereocenters. The van der Waals surface area contributed by atoms with E-state index in [1.54, 1.807) is 0 Å². The van der Waals surface area contributed by atoms with E-state index in [4.69, 9.17) is 0 Å². The summed E-state index contributed by atoms with van der Waals surface area (Å²) >= 11 is 0. The first-order valence-corrected chi connectivity index (χ1v) is 8.11. The van der Waals surface area contributed by atoms with E-state index in [9.17, 15) is 18.0 Å². The second-order valence-corrected chi connectivity index (χ2v) is 6.19. The molecule has 2 aromatic rings. The topological polar surface area (TPSA) is 32.3 Å². The maximum atomic E-state index is 12.7. The molecule has 0 aromatic heterocycles. The molecular weight excluding hydrogens is 341 g/mol. The van der Waals surface area contributed by atoms with Gasteiger partial charge >= 0.3 is 6.18 Å². The minimum atomic E-state index is -4.41. The molecule has 0 aliphatic carbocycles. The highest BCUT2D eigenvalue weighted by molar-refractivity contribution is 5.92. The van der Waals surface area contributed by atoms with Gasteiger partial charge in [0.1, 0.15) is 0 Å². The fourth-order valence-corrected chi connectivity index (χ4v) is 2.50. The number of amides is 1. The highest BCUT2D eigenvalue weighted by Crippen LogP contribution is 2.29. The molecule has 0 saturated heterocycles. The van der Waals surface area contributed by atoms with Crippen LogP contribution >= 0.6 is 0 Å². The van der Waals surface area contributed by atoms with Crippen LogP contribution in [-0.4, -0.2) is 31.4 Å². The first-order valence-electron chi connectivity index (χ1n) is 8.11. The van der Waals surface area contributed by atoms with Gasteiger partial charge in [-0.15, -0.1) is 0 Å². The molecule has 26 heavy (non-hydrogen) atoms. The van der Waals surface area contributed by atoms with Gasteiger partial charge in [0.05, 0.1) is 11.6 Å². The smallest absolute Gasteiger partial charge is 0.344 e. The number of alkyl halides is 3. The van der Waals surface area contributed by atoms with Gasteiger partial charge in [-0.2, -0.15) is 13.2 Å². The number of carbonyl (C=O) groups is 1. The van der Waals surface area contributed by atoms with Crippen molar-refractivity contribution in [3.05, 3.63) is 77.4 Å². The number of hydrogen-bond donors (Lipinski definition) is 1. The summed E-state index contributed by atoms with van der Waals surface area (Å²) in [4.78, 5) is 14.2. The zero-order chi connectivity index (χ0) is 19.2. The van der Waals surface area contributed by atoms with Gasteiger partial charge in [-0.3, -0.25) is 4.79 Å². The van der Waals surface area contributed by atoms with Crippen molar-refractivity contribution >= 4 is 12.0 Å². The minimum absolute atomic E-state index is 0.218. The highest BCUT2D eigenvalue weighted by Gasteiger charge is 2.30. The Morgan fingerprint density at radius 2 is 1.81 bits per heavy atom. The van der Waals surface area contributed by atoms with E-state index in [-0.39, 0.29) is 11.9 Å². The second-order valence-electron chi connectivity index (χ2n) is 6.19. The number of nitrogens with zero attached hydrogens (tertiary/aromatic N) is 1.